The monoisotopic (exact) mass is 290 g/mol. The van der Waals surface area contributed by atoms with E-state index in [-0.39, 0.29) is 5.91 Å². The van der Waals surface area contributed by atoms with Crippen LogP contribution in [0.5, 0.6) is 0 Å². The average molecular weight is 290 g/mol. The molecule has 0 aromatic heterocycles. The van der Waals surface area contributed by atoms with Crippen molar-refractivity contribution in [2.24, 2.45) is 5.92 Å². The second-order valence-electron chi connectivity index (χ2n) is 4.93. The van der Waals surface area contributed by atoms with Gasteiger partial charge in [-0.25, -0.2) is 0 Å². The summed E-state index contributed by atoms with van der Waals surface area (Å²) in [6.45, 7) is 4.45. The SMILES string of the molecule is CCC(C)CSCCCC(=O)Nc1cccc(C#N)c1. The summed E-state index contributed by atoms with van der Waals surface area (Å²) in [4.78, 5) is 11.8. The number of carbonyl (C=O) groups excluding carboxylic acids is 1. The topological polar surface area (TPSA) is 52.9 Å². The van der Waals surface area contributed by atoms with Gasteiger partial charge in [-0.15, -0.1) is 0 Å². The summed E-state index contributed by atoms with van der Waals surface area (Å²) in [5.74, 6) is 2.96. The van der Waals surface area contributed by atoms with Gasteiger partial charge in [0.15, 0.2) is 0 Å². The van der Waals surface area contributed by atoms with Gasteiger partial charge in [0, 0.05) is 12.1 Å². The van der Waals surface area contributed by atoms with Gasteiger partial charge in [0.25, 0.3) is 0 Å². The lowest BCUT2D eigenvalue weighted by atomic mass is 10.2. The summed E-state index contributed by atoms with van der Waals surface area (Å²) in [5.41, 5.74) is 1.26. The lowest BCUT2D eigenvalue weighted by Gasteiger charge is -2.08. The number of carbonyl (C=O) groups is 1. The fourth-order valence-electron chi connectivity index (χ4n) is 1.63. The Morgan fingerprint density at radius 2 is 2.30 bits per heavy atom. The number of nitrogens with zero attached hydrogens (tertiary/aromatic N) is 1. The Balaban J connectivity index is 2.22. The second-order valence-corrected chi connectivity index (χ2v) is 6.08. The smallest absolute Gasteiger partial charge is 0.224 e. The molecule has 4 heteroatoms. The summed E-state index contributed by atoms with van der Waals surface area (Å²) in [5, 5.41) is 11.6. The van der Waals surface area contributed by atoms with Crippen molar-refractivity contribution in [3.05, 3.63) is 29.8 Å². The minimum Gasteiger partial charge on any atom is -0.326 e. The highest BCUT2D eigenvalue weighted by Crippen LogP contribution is 2.14. The van der Waals surface area contributed by atoms with Crippen molar-refractivity contribution in [2.75, 3.05) is 16.8 Å². The normalized spacial score (nSPS) is 11.7. The van der Waals surface area contributed by atoms with E-state index in [0.717, 1.165) is 18.1 Å². The molecule has 1 rings (SSSR count). The summed E-state index contributed by atoms with van der Waals surface area (Å²) in [6.07, 6.45) is 2.64. The van der Waals surface area contributed by atoms with Gasteiger partial charge in [-0.3, -0.25) is 4.79 Å². The molecule has 0 radical (unpaired) electrons. The Morgan fingerprint density at radius 3 is 3.00 bits per heavy atom. The largest absolute Gasteiger partial charge is 0.326 e. The molecule has 1 unspecified atom stereocenters. The molecule has 1 atom stereocenters. The highest BCUT2D eigenvalue weighted by atomic mass is 32.2. The Morgan fingerprint density at radius 1 is 1.50 bits per heavy atom. The molecule has 1 aromatic rings. The highest BCUT2D eigenvalue weighted by Gasteiger charge is 2.04. The van der Waals surface area contributed by atoms with E-state index in [1.165, 1.54) is 12.2 Å². The molecule has 1 N–H and O–H groups in total. The first-order chi connectivity index (χ1) is 9.65. The molecule has 3 nitrogen and oxygen atoms in total. The Hall–Kier alpha value is -1.47. The lowest BCUT2D eigenvalue weighted by molar-refractivity contribution is -0.116. The van der Waals surface area contributed by atoms with Crippen molar-refractivity contribution in [2.45, 2.75) is 33.1 Å². The van der Waals surface area contributed by atoms with E-state index in [1.54, 1.807) is 24.3 Å². The number of nitriles is 1. The molecular weight excluding hydrogens is 268 g/mol. The summed E-state index contributed by atoms with van der Waals surface area (Å²) < 4.78 is 0. The summed E-state index contributed by atoms with van der Waals surface area (Å²) in [7, 11) is 0. The predicted octanol–water partition coefficient (Wildman–Crippen LogP) is 4.06. The first-order valence-electron chi connectivity index (χ1n) is 7.03. The quantitative estimate of drug-likeness (QED) is 0.735. The van der Waals surface area contributed by atoms with Gasteiger partial charge in [0.1, 0.15) is 0 Å². The minimum absolute atomic E-state index is 0.0178. The van der Waals surface area contributed by atoms with Crippen LogP contribution in [0.2, 0.25) is 0 Å². The molecule has 20 heavy (non-hydrogen) atoms. The van der Waals surface area contributed by atoms with Gasteiger partial charge >= 0.3 is 0 Å². The summed E-state index contributed by atoms with van der Waals surface area (Å²) >= 11 is 1.92. The highest BCUT2D eigenvalue weighted by molar-refractivity contribution is 7.99. The van der Waals surface area contributed by atoms with Gasteiger partial charge in [0.2, 0.25) is 5.91 Å². The molecule has 0 bridgehead atoms. The predicted molar refractivity (Wildman–Crippen MR) is 85.8 cm³/mol. The van der Waals surface area contributed by atoms with Crippen LogP contribution < -0.4 is 5.32 Å². The van der Waals surface area contributed by atoms with Crippen LogP contribution in [0.3, 0.4) is 0 Å². The molecule has 1 amide bonds. The molecule has 0 aliphatic carbocycles. The van der Waals surface area contributed by atoms with E-state index in [9.17, 15) is 4.79 Å². The summed E-state index contributed by atoms with van der Waals surface area (Å²) in [6, 6.07) is 9.05. The number of nitrogens with one attached hydrogen (secondary N) is 1. The number of benzene rings is 1. The van der Waals surface area contributed by atoms with Crippen molar-refractivity contribution in [1.29, 1.82) is 5.26 Å². The van der Waals surface area contributed by atoms with Crippen LogP contribution in [-0.4, -0.2) is 17.4 Å². The molecule has 0 saturated heterocycles. The number of hydrogen-bond donors (Lipinski definition) is 1. The van der Waals surface area contributed by atoms with Crippen molar-refractivity contribution in [1.82, 2.24) is 0 Å². The maximum absolute atomic E-state index is 11.8. The fraction of sp³-hybridized carbons (Fsp3) is 0.500. The fourth-order valence-corrected chi connectivity index (χ4v) is 2.78. The van der Waals surface area contributed by atoms with E-state index in [1.807, 2.05) is 11.8 Å². The van der Waals surface area contributed by atoms with Crippen LogP contribution >= 0.6 is 11.8 Å². The van der Waals surface area contributed by atoms with Crippen molar-refractivity contribution < 1.29 is 4.79 Å². The third-order valence-corrected chi connectivity index (χ3v) is 4.45. The van der Waals surface area contributed by atoms with E-state index >= 15 is 0 Å². The third-order valence-electron chi connectivity index (χ3n) is 3.07. The Labute approximate surface area is 125 Å². The molecular formula is C16H22N2OS. The van der Waals surface area contributed by atoms with E-state index in [4.69, 9.17) is 5.26 Å². The standard InChI is InChI=1S/C16H22N2OS/c1-3-13(2)12-20-9-5-8-16(19)18-15-7-4-6-14(10-15)11-17/h4,6-7,10,13H,3,5,8-9,12H2,1-2H3,(H,18,19). The molecule has 108 valence electrons. The van der Waals surface area contributed by atoms with Crippen LogP contribution in [0.4, 0.5) is 5.69 Å². The van der Waals surface area contributed by atoms with Crippen LogP contribution in [0.15, 0.2) is 24.3 Å². The number of thioether (sulfide) groups is 1. The number of amides is 1. The van der Waals surface area contributed by atoms with Crippen molar-refractivity contribution in [3.8, 4) is 6.07 Å². The molecule has 0 saturated carbocycles. The third kappa shape index (κ3) is 6.63. The number of hydrogen-bond acceptors (Lipinski definition) is 3. The van der Waals surface area contributed by atoms with Crippen LogP contribution in [0, 0.1) is 17.2 Å². The second kappa shape index (κ2) is 9.44. The van der Waals surface area contributed by atoms with Crippen molar-refractivity contribution >= 4 is 23.4 Å². The van der Waals surface area contributed by atoms with Gasteiger partial charge < -0.3 is 5.32 Å². The first-order valence-corrected chi connectivity index (χ1v) is 8.19. The Kier molecular flexibility index (Phi) is 7.82. The molecule has 1 aromatic carbocycles. The van der Waals surface area contributed by atoms with Crippen molar-refractivity contribution in [3.63, 3.8) is 0 Å². The molecule has 0 aliphatic rings. The molecule has 0 fully saturated rings. The zero-order valence-electron chi connectivity index (χ0n) is 12.2. The molecule has 0 spiro atoms. The van der Waals surface area contributed by atoms with Gasteiger partial charge in [0.05, 0.1) is 11.6 Å². The van der Waals surface area contributed by atoms with Crippen LogP contribution in [0.1, 0.15) is 38.7 Å². The number of rotatable bonds is 8. The van der Waals surface area contributed by atoms with E-state index in [2.05, 4.69) is 25.2 Å². The maximum Gasteiger partial charge on any atom is 0.224 e. The average Bonchev–Trinajstić information content (AvgIpc) is 2.46. The van der Waals surface area contributed by atoms with Crippen LogP contribution in [0.25, 0.3) is 0 Å². The minimum atomic E-state index is 0.0178. The van der Waals surface area contributed by atoms with Gasteiger partial charge in [-0.1, -0.05) is 26.3 Å². The van der Waals surface area contributed by atoms with E-state index in [0.29, 0.717) is 17.7 Å². The first kappa shape index (κ1) is 16.6. The van der Waals surface area contributed by atoms with Gasteiger partial charge in [-0.05, 0) is 42.0 Å². The maximum atomic E-state index is 11.8. The molecule has 0 aliphatic heterocycles. The number of anilines is 1. The zero-order chi connectivity index (χ0) is 14.8. The Bertz CT molecular complexity index is 468. The zero-order valence-corrected chi connectivity index (χ0v) is 13.0. The lowest BCUT2D eigenvalue weighted by Crippen LogP contribution is -2.11. The van der Waals surface area contributed by atoms with Gasteiger partial charge in [-0.2, -0.15) is 17.0 Å². The van der Waals surface area contributed by atoms with Crippen LogP contribution in [-0.2, 0) is 4.79 Å². The van der Waals surface area contributed by atoms with E-state index < -0.39 is 0 Å². The molecule has 0 heterocycles.